The molecule has 0 amide bonds. The molecule has 0 unspecified atom stereocenters. The number of hydrogen-bond donors (Lipinski definition) is 0. The van der Waals surface area contributed by atoms with Gasteiger partial charge in [-0.15, -0.1) is 25.5 Å². The fourth-order valence-corrected chi connectivity index (χ4v) is 1.37. The predicted molar refractivity (Wildman–Crippen MR) is 63.7 cm³/mol. The maximum atomic E-state index is 4.13. The third-order valence-electron chi connectivity index (χ3n) is 2.69. The summed E-state index contributed by atoms with van der Waals surface area (Å²) in [7, 11) is 0. The molecule has 0 aromatic carbocycles. The maximum absolute atomic E-state index is 4.13. The lowest BCUT2D eigenvalue weighted by Crippen LogP contribution is -2.26. The molecule has 0 saturated carbocycles. The van der Waals surface area contributed by atoms with E-state index in [9.17, 15) is 0 Å². The van der Waals surface area contributed by atoms with Crippen LogP contribution < -0.4 is 0 Å². The second kappa shape index (κ2) is 4.67. The van der Waals surface area contributed by atoms with Crippen LogP contribution in [0, 0.1) is 0 Å². The first-order chi connectivity index (χ1) is 8.51. The summed E-state index contributed by atoms with van der Waals surface area (Å²) in [6.07, 6.45) is 3.03. The van der Waals surface area contributed by atoms with Crippen molar-refractivity contribution in [3.05, 3.63) is 29.9 Å². The van der Waals surface area contributed by atoms with Gasteiger partial charge in [-0.25, -0.2) is 4.98 Å². The molecular formula is C11H15N7. The first-order valence-electron chi connectivity index (χ1n) is 5.72. The minimum atomic E-state index is -0.517. The van der Waals surface area contributed by atoms with Crippen molar-refractivity contribution in [1.29, 1.82) is 0 Å². The lowest BCUT2D eigenvalue weighted by Gasteiger charge is -2.19. The van der Waals surface area contributed by atoms with Gasteiger partial charge in [-0.3, -0.25) is 0 Å². The van der Waals surface area contributed by atoms with Crippen molar-refractivity contribution in [2.24, 2.45) is 0 Å². The molecule has 94 valence electrons. The normalized spacial score (nSPS) is 11.8. The quantitative estimate of drug-likeness (QED) is 0.793. The fraction of sp³-hybridized carbons (Fsp3) is 0.545. The minimum absolute atomic E-state index is 0.209. The van der Waals surface area contributed by atoms with E-state index in [1.165, 1.54) is 6.33 Å². The Labute approximate surface area is 105 Å². The molecule has 0 spiro atoms. The highest BCUT2D eigenvalue weighted by molar-refractivity contribution is 5.19. The average Bonchev–Trinajstić information content (AvgIpc) is 2.40. The lowest BCUT2D eigenvalue weighted by molar-refractivity contribution is 0.517. The van der Waals surface area contributed by atoms with Gasteiger partial charge in [0.05, 0.1) is 17.3 Å². The molecule has 7 nitrogen and oxygen atoms in total. The summed E-state index contributed by atoms with van der Waals surface area (Å²) < 4.78 is 0. The Kier molecular flexibility index (Phi) is 3.22. The third kappa shape index (κ3) is 2.29. The SMILES string of the molecule is CC(C)c1nnc(C(C)(C)c2cncnn2)nn1. The van der Waals surface area contributed by atoms with Gasteiger partial charge in [0.2, 0.25) is 0 Å². The zero-order chi connectivity index (χ0) is 13.2. The van der Waals surface area contributed by atoms with Crippen LogP contribution in [-0.4, -0.2) is 35.6 Å². The second-order valence-corrected chi connectivity index (χ2v) is 4.86. The van der Waals surface area contributed by atoms with Gasteiger partial charge < -0.3 is 0 Å². The van der Waals surface area contributed by atoms with E-state index < -0.39 is 5.41 Å². The summed E-state index contributed by atoms with van der Waals surface area (Å²) in [6, 6.07) is 0. The third-order valence-corrected chi connectivity index (χ3v) is 2.69. The maximum Gasteiger partial charge on any atom is 0.185 e. The van der Waals surface area contributed by atoms with Crippen molar-refractivity contribution in [3.8, 4) is 0 Å². The highest BCUT2D eigenvalue weighted by atomic mass is 15.3. The molecule has 0 aliphatic rings. The molecule has 0 aliphatic carbocycles. The first-order valence-corrected chi connectivity index (χ1v) is 5.72. The molecule has 7 heteroatoms. The van der Waals surface area contributed by atoms with E-state index in [2.05, 4.69) is 35.6 Å². The predicted octanol–water partition coefficient (Wildman–Crippen LogP) is 0.901. The van der Waals surface area contributed by atoms with Crippen molar-refractivity contribution in [1.82, 2.24) is 35.6 Å². The summed E-state index contributed by atoms with van der Waals surface area (Å²) in [4.78, 5) is 3.95. The van der Waals surface area contributed by atoms with E-state index in [-0.39, 0.29) is 5.92 Å². The molecular weight excluding hydrogens is 230 g/mol. The van der Waals surface area contributed by atoms with Crippen molar-refractivity contribution in [2.75, 3.05) is 0 Å². The molecule has 2 heterocycles. The highest BCUT2D eigenvalue weighted by Gasteiger charge is 2.30. The molecule has 2 aromatic heterocycles. The smallest absolute Gasteiger partial charge is 0.185 e. The van der Waals surface area contributed by atoms with Crippen molar-refractivity contribution in [2.45, 2.75) is 39.0 Å². The Morgan fingerprint density at radius 2 is 1.67 bits per heavy atom. The fourth-order valence-electron chi connectivity index (χ4n) is 1.37. The zero-order valence-electron chi connectivity index (χ0n) is 10.9. The van der Waals surface area contributed by atoms with E-state index in [1.54, 1.807) is 6.20 Å². The Morgan fingerprint density at radius 1 is 1.00 bits per heavy atom. The first kappa shape index (κ1) is 12.4. The van der Waals surface area contributed by atoms with Gasteiger partial charge >= 0.3 is 0 Å². The van der Waals surface area contributed by atoms with Crippen molar-refractivity contribution in [3.63, 3.8) is 0 Å². The van der Waals surface area contributed by atoms with Crippen LogP contribution in [-0.2, 0) is 5.41 Å². The molecule has 0 saturated heterocycles. The Bertz CT molecular complexity index is 507. The van der Waals surface area contributed by atoms with E-state index in [0.29, 0.717) is 17.3 Å². The summed E-state index contributed by atoms with van der Waals surface area (Å²) in [5, 5.41) is 24.2. The standard InChI is InChI=1S/C11H15N7/c1-7(2)9-15-17-10(18-16-9)11(3,4)8-5-12-6-13-14-8/h5-7H,1-4H3. The van der Waals surface area contributed by atoms with E-state index >= 15 is 0 Å². The number of rotatable bonds is 3. The molecule has 0 N–H and O–H groups in total. The Hall–Kier alpha value is -2.05. The molecule has 2 aromatic rings. The monoisotopic (exact) mass is 245 g/mol. The van der Waals surface area contributed by atoms with Crippen LogP contribution in [0.15, 0.2) is 12.5 Å². The van der Waals surface area contributed by atoms with Gasteiger partial charge in [-0.05, 0) is 13.8 Å². The summed E-state index contributed by atoms with van der Waals surface area (Å²) >= 11 is 0. The number of nitrogens with zero attached hydrogens (tertiary/aromatic N) is 7. The molecule has 2 rings (SSSR count). The lowest BCUT2D eigenvalue weighted by atomic mass is 9.89. The van der Waals surface area contributed by atoms with Crippen LogP contribution in [0.25, 0.3) is 0 Å². The summed E-state index contributed by atoms with van der Waals surface area (Å²) in [5.41, 5.74) is 0.169. The van der Waals surface area contributed by atoms with Crippen LogP contribution in [0.1, 0.15) is 51.0 Å². The topological polar surface area (TPSA) is 90.2 Å². The Balaban J connectivity index is 2.36. The van der Waals surface area contributed by atoms with E-state index in [0.717, 1.165) is 0 Å². The minimum Gasteiger partial charge on any atom is -0.241 e. The number of hydrogen-bond acceptors (Lipinski definition) is 7. The highest BCUT2D eigenvalue weighted by Crippen LogP contribution is 2.25. The second-order valence-electron chi connectivity index (χ2n) is 4.86. The number of aromatic nitrogens is 7. The largest absolute Gasteiger partial charge is 0.241 e. The van der Waals surface area contributed by atoms with Gasteiger partial charge in [0.25, 0.3) is 0 Å². The molecule has 18 heavy (non-hydrogen) atoms. The summed E-state index contributed by atoms with van der Waals surface area (Å²) in [5.74, 6) is 1.35. The zero-order valence-corrected chi connectivity index (χ0v) is 10.9. The van der Waals surface area contributed by atoms with Crippen LogP contribution in [0.3, 0.4) is 0 Å². The van der Waals surface area contributed by atoms with Gasteiger partial charge in [-0.2, -0.15) is 5.10 Å². The molecule has 0 atom stereocenters. The molecule has 0 radical (unpaired) electrons. The Morgan fingerprint density at radius 3 is 2.17 bits per heavy atom. The van der Waals surface area contributed by atoms with Gasteiger partial charge in [0, 0.05) is 5.92 Å². The van der Waals surface area contributed by atoms with Gasteiger partial charge in [0.15, 0.2) is 11.6 Å². The molecule has 0 fully saturated rings. The van der Waals surface area contributed by atoms with Crippen molar-refractivity contribution < 1.29 is 0 Å². The molecule has 0 bridgehead atoms. The van der Waals surface area contributed by atoms with Gasteiger partial charge in [0.1, 0.15) is 6.33 Å². The van der Waals surface area contributed by atoms with Crippen molar-refractivity contribution >= 4 is 0 Å². The van der Waals surface area contributed by atoms with Crippen LogP contribution in [0.2, 0.25) is 0 Å². The van der Waals surface area contributed by atoms with Crippen LogP contribution in [0.5, 0.6) is 0 Å². The van der Waals surface area contributed by atoms with Crippen LogP contribution >= 0.6 is 0 Å². The van der Waals surface area contributed by atoms with E-state index in [1.807, 2.05) is 27.7 Å². The molecule has 0 aliphatic heterocycles. The van der Waals surface area contributed by atoms with Crippen LogP contribution in [0.4, 0.5) is 0 Å². The summed E-state index contributed by atoms with van der Waals surface area (Å²) in [6.45, 7) is 7.87. The average molecular weight is 245 g/mol. The van der Waals surface area contributed by atoms with E-state index in [4.69, 9.17) is 0 Å². The van der Waals surface area contributed by atoms with Gasteiger partial charge in [-0.1, -0.05) is 13.8 Å².